The number of esters is 1. The standard InChI is InChI=1S/C25H40N2O3/c1-17-7-6-8-18-15-21-22(23(28)25(17,18)2)20(24(29)30-21)16-26-11-13-27(14-12-26)19-9-4-3-5-10-19/h8,17,19-23,28H,3-7,9-16H2,1-2H3/t17-,20+,21-,22-,23+,25-/m1/s1. The van der Waals surface area contributed by atoms with Gasteiger partial charge in [0.25, 0.3) is 0 Å². The Bertz CT molecular complexity index is 680. The third kappa shape index (κ3) is 3.45. The molecule has 5 heteroatoms. The van der Waals surface area contributed by atoms with Crippen LogP contribution in [0.3, 0.4) is 0 Å². The molecule has 0 spiro atoms. The van der Waals surface area contributed by atoms with Crippen LogP contribution in [0.2, 0.25) is 0 Å². The van der Waals surface area contributed by atoms with E-state index in [1.54, 1.807) is 0 Å². The molecule has 5 rings (SSSR count). The molecule has 6 atom stereocenters. The third-order valence-electron chi connectivity index (χ3n) is 9.52. The zero-order chi connectivity index (χ0) is 20.9. The molecular weight excluding hydrogens is 376 g/mol. The van der Waals surface area contributed by atoms with Gasteiger partial charge in [-0.15, -0.1) is 0 Å². The molecular formula is C25H40N2O3. The molecule has 168 valence electrons. The van der Waals surface area contributed by atoms with Crippen molar-refractivity contribution in [1.82, 2.24) is 9.80 Å². The van der Waals surface area contributed by atoms with Gasteiger partial charge < -0.3 is 9.84 Å². The molecule has 2 saturated heterocycles. The first-order chi connectivity index (χ1) is 14.5. The fourth-order valence-electron chi connectivity index (χ4n) is 7.31. The van der Waals surface area contributed by atoms with Crippen LogP contribution in [-0.2, 0) is 9.53 Å². The van der Waals surface area contributed by atoms with Gasteiger partial charge in [-0.25, -0.2) is 0 Å². The lowest BCUT2D eigenvalue weighted by atomic mass is 9.55. The van der Waals surface area contributed by atoms with E-state index in [2.05, 4.69) is 29.7 Å². The maximum absolute atomic E-state index is 12.9. The van der Waals surface area contributed by atoms with Gasteiger partial charge >= 0.3 is 5.97 Å². The highest BCUT2D eigenvalue weighted by Gasteiger charge is 2.59. The predicted molar refractivity (Wildman–Crippen MR) is 117 cm³/mol. The van der Waals surface area contributed by atoms with Gasteiger partial charge in [-0.2, -0.15) is 0 Å². The largest absolute Gasteiger partial charge is 0.461 e. The van der Waals surface area contributed by atoms with Gasteiger partial charge in [-0.05, 0) is 31.6 Å². The van der Waals surface area contributed by atoms with E-state index in [0.29, 0.717) is 5.92 Å². The second-order valence-corrected chi connectivity index (χ2v) is 10.9. The summed E-state index contributed by atoms with van der Waals surface area (Å²) in [5.74, 6) is 0.133. The maximum atomic E-state index is 12.9. The molecule has 0 aromatic heterocycles. The molecule has 3 aliphatic carbocycles. The summed E-state index contributed by atoms with van der Waals surface area (Å²) in [5.41, 5.74) is 1.12. The number of hydrogen-bond acceptors (Lipinski definition) is 5. The lowest BCUT2D eigenvalue weighted by molar-refractivity contribution is -0.145. The maximum Gasteiger partial charge on any atom is 0.311 e. The van der Waals surface area contributed by atoms with Crippen LogP contribution < -0.4 is 0 Å². The van der Waals surface area contributed by atoms with E-state index >= 15 is 0 Å². The van der Waals surface area contributed by atoms with Gasteiger partial charge in [-0.1, -0.05) is 44.8 Å². The van der Waals surface area contributed by atoms with Gasteiger partial charge in [0.05, 0.1) is 12.0 Å². The summed E-state index contributed by atoms with van der Waals surface area (Å²) in [6.45, 7) is 9.55. The van der Waals surface area contributed by atoms with E-state index in [4.69, 9.17) is 4.74 Å². The van der Waals surface area contributed by atoms with E-state index in [0.717, 1.165) is 58.0 Å². The van der Waals surface area contributed by atoms with Gasteiger partial charge in [0.15, 0.2) is 0 Å². The molecule has 0 radical (unpaired) electrons. The van der Waals surface area contributed by atoms with Crippen molar-refractivity contribution in [3.63, 3.8) is 0 Å². The number of allylic oxidation sites excluding steroid dienone is 1. The lowest BCUT2D eigenvalue weighted by Crippen LogP contribution is -2.56. The highest BCUT2D eigenvalue weighted by Crippen LogP contribution is 2.56. The molecule has 1 N–H and O–H groups in total. The smallest absolute Gasteiger partial charge is 0.311 e. The Balaban J connectivity index is 1.25. The number of carbonyl (C=O) groups excluding carboxylic acids is 1. The molecule has 0 aromatic rings. The number of fused-ring (bicyclic) bond motifs is 2. The van der Waals surface area contributed by atoms with E-state index in [9.17, 15) is 9.90 Å². The van der Waals surface area contributed by atoms with Crippen LogP contribution in [0.1, 0.15) is 65.2 Å². The number of nitrogens with zero attached hydrogens (tertiary/aromatic N) is 2. The normalized spacial score (nSPS) is 43.6. The second-order valence-electron chi connectivity index (χ2n) is 10.9. The Labute approximate surface area is 181 Å². The minimum atomic E-state index is -0.488. The van der Waals surface area contributed by atoms with Crippen molar-refractivity contribution >= 4 is 5.97 Å². The quantitative estimate of drug-likeness (QED) is 0.566. The summed E-state index contributed by atoms with van der Waals surface area (Å²) in [7, 11) is 0. The molecule has 2 saturated carbocycles. The van der Waals surface area contributed by atoms with Crippen LogP contribution in [0.25, 0.3) is 0 Å². The molecule has 2 heterocycles. The highest BCUT2D eigenvalue weighted by molar-refractivity contribution is 5.76. The topological polar surface area (TPSA) is 53.0 Å². The van der Waals surface area contributed by atoms with Crippen LogP contribution in [0.5, 0.6) is 0 Å². The molecule has 0 amide bonds. The average molecular weight is 417 g/mol. The minimum Gasteiger partial charge on any atom is -0.461 e. The molecule has 0 unspecified atom stereocenters. The first-order valence-electron chi connectivity index (χ1n) is 12.5. The summed E-state index contributed by atoms with van der Waals surface area (Å²) in [5, 5.41) is 11.5. The number of rotatable bonds is 3. The van der Waals surface area contributed by atoms with Gasteiger partial charge in [0.2, 0.25) is 0 Å². The lowest BCUT2D eigenvalue weighted by Gasteiger charge is -2.52. The zero-order valence-corrected chi connectivity index (χ0v) is 18.9. The third-order valence-corrected chi connectivity index (χ3v) is 9.52. The van der Waals surface area contributed by atoms with Crippen molar-refractivity contribution in [2.45, 2.75) is 83.5 Å². The van der Waals surface area contributed by atoms with Crippen molar-refractivity contribution in [2.75, 3.05) is 32.7 Å². The molecule has 2 aliphatic heterocycles. The fourth-order valence-corrected chi connectivity index (χ4v) is 7.31. The van der Waals surface area contributed by atoms with Crippen molar-refractivity contribution in [2.24, 2.45) is 23.2 Å². The number of carbonyl (C=O) groups is 1. The number of aliphatic hydroxyl groups is 1. The molecule has 0 bridgehead atoms. The van der Waals surface area contributed by atoms with Gasteiger partial charge in [0, 0.05) is 56.5 Å². The van der Waals surface area contributed by atoms with Gasteiger partial charge in [0.1, 0.15) is 6.10 Å². The first kappa shape index (κ1) is 21.0. The second kappa shape index (κ2) is 8.22. The number of piperazine rings is 1. The average Bonchev–Trinajstić information content (AvgIpc) is 3.07. The molecule has 5 nitrogen and oxygen atoms in total. The summed E-state index contributed by atoms with van der Waals surface area (Å²) >= 11 is 0. The Morgan fingerprint density at radius 1 is 1.13 bits per heavy atom. The minimum absolute atomic E-state index is 0.0587. The SMILES string of the molecule is C[C@@H]1CCC=C2C[C@H]3OC(=O)[C@@H](CN4CCN(C5CCCCC5)CC4)[C@H]3[C@H](O)[C@@]21C. The Morgan fingerprint density at radius 3 is 2.60 bits per heavy atom. The molecule has 5 aliphatic rings. The van der Waals surface area contributed by atoms with E-state index < -0.39 is 6.10 Å². The Morgan fingerprint density at radius 2 is 1.87 bits per heavy atom. The molecule has 0 aromatic carbocycles. The van der Waals surface area contributed by atoms with Crippen molar-refractivity contribution < 1.29 is 14.6 Å². The number of aliphatic hydroxyl groups excluding tert-OH is 1. The van der Waals surface area contributed by atoms with Crippen molar-refractivity contribution in [1.29, 1.82) is 0 Å². The van der Waals surface area contributed by atoms with E-state index in [-0.39, 0.29) is 29.3 Å². The van der Waals surface area contributed by atoms with E-state index in [1.165, 1.54) is 37.7 Å². The highest BCUT2D eigenvalue weighted by atomic mass is 16.6. The predicted octanol–water partition coefficient (Wildman–Crippen LogP) is 3.22. The zero-order valence-electron chi connectivity index (χ0n) is 18.9. The Kier molecular flexibility index (Phi) is 5.74. The summed E-state index contributed by atoms with van der Waals surface area (Å²) < 4.78 is 5.86. The van der Waals surface area contributed by atoms with Crippen LogP contribution in [-0.4, -0.2) is 71.8 Å². The van der Waals surface area contributed by atoms with Crippen molar-refractivity contribution in [3.05, 3.63) is 11.6 Å². The van der Waals surface area contributed by atoms with E-state index in [1.807, 2.05) is 0 Å². The van der Waals surface area contributed by atoms with Crippen molar-refractivity contribution in [3.8, 4) is 0 Å². The van der Waals surface area contributed by atoms with Crippen LogP contribution in [0.15, 0.2) is 11.6 Å². The van der Waals surface area contributed by atoms with Crippen LogP contribution in [0, 0.1) is 23.2 Å². The molecule has 30 heavy (non-hydrogen) atoms. The Hall–Kier alpha value is -0.910. The molecule has 4 fully saturated rings. The monoisotopic (exact) mass is 416 g/mol. The van der Waals surface area contributed by atoms with Crippen LogP contribution >= 0.6 is 0 Å². The van der Waals surface area contributed by atoms with Crippen LogP contribution in [0.4, 0.5) is 0 Å². The van der Waals surface area contributed by atoms with Gasteiger partial charge in [-0.3, -0.25) is 14.6 Å². The summed E-state index contributed by atoms with van der Waals surface area (Å²) in [6.07, 6.45) is 11.6. The first-order valence-corrected chi connectivity index (χ1v) is 12.5. The summed E-state index contributed by atoms with van der Waals surface area (Å²) in [4.78, 5) is 18.0. The summed E-state index contributed by atoms with van der Waals surface area (Å²) in [6, 6.07) is 0.778. The fraction of sp³-hybridized carbons (Fsp3) is 0.880. The number of ether oxygens (including phenoxy) is 1. The number of hydrogen-bond donors (Lipinski definition) is 1.